The second-order valence-corrected chi connectivity index (χ2v) is 6.41. The van der Waals surface area contributed by atoms with E-state index in [1.165, 1.54) is 22.3 Å². The lowest BCUT2D eigenvalue weighted by Gasteiger charge is -2.24. The molecular weight excluding hydrogens is 270 g/mol. The molecule has 0 spiro atoms. The van der Waals surface area contributed by atoms with Gasteiger partial charge in [0.1, 0.15) is 0 Å². The van der Waals surface area contributed by atoms with Crippen LogP contribution >= 0.6 is 0 Å². The number of rotatable bonds is 5. The molecule has 1 heterocycles. The number of hydrogen-bond acceptors (Lipinski definition) is 3. The zero-order valence-electron chi connectivity index (χ0n) is 13.5. The van der Waals surface area contributed by atoms with Gasteiger partial charge in [-0.1, -0.05) is 48.5 Å². The normalized spacial score (nSPS) is 17.9. The molecule has 0 amide bonds. The molecule has 0 radical (unpaired) electrons. The van der Waals surface area contributed by atoms with Crippen LogP contribution in [0.15, 0.2) is 48.5 Å². The minimum Gasteiger partial charge on any atom is -0.329 e. The van der Waals surface area contributed by atoms with Gasteiger partial charge >= 0.3 is 0 Å². The Hall–Kier alpha value is -1.68. The first-order chi connectivity index (χ1) is 10.7. The van der Waals surface area contributed by atoms with Crippen LogP contribution in [0.3, 0.4) is 0 Å². The van der Waals surface area contributed by atoms with Crippen LogP contribution in [0.5, 0.6) is 0 Å². The Balaban J connectivity index is 1.81. The van der Waals surface area contributed by atoms with E-state index >= 15 is 0 Å². The maximum Gasteiger partial charge on any atom is 0.0480 e. The molecule has 1 aliphatic heterocycles. The summed E-state index contributed by atoms with van der Waals surface area (Å²) in [6.45, 7) is 3.60. The molecule has 0 aliphatic carbocycles. The highest BCUT2D eigenvalue weighted by atomic mass is 15.2. The van der Waals surface area contributed by atoms with E-state index in [2.05, 4.69) is 72.4 Å². The van der Waals surface area contributed by atoms with Crippen LogP contribution < -0.4 is 5.73 Å². The Kier molecular flexibility index (Phi) is 4.57. The van der Waals surface area contributed by atoms with Crippen molar-refractivity contribution in [1.82, 2.24) is 9.80 Å². The summed E-state index contributed by atoms with van der Waals surface area (Å²) in [6, 6.07) is 17.9. The average Bonchev–Trinajstić information content (AvgIpc) is 2.84. The third kappa shape index (κ3) is 3.22. The van der Waals surface area contributed by atoms with E-state index in [9.17, 15) is 0 Å². The van der Waals surface area contributed by atoms with E-state index < -0.39 is 0 Å². The second-order valence-electron chi connectivity index (χ2n) is 6.41. The van der Waals surface area contributed by atoms with Crippen LogP contribution in [0.4, 0.5) is 0 Å². The summed E-state index contributed by atoms with van der Waals surface area (Å²) in [4.78, 5) is 4.69. The Morgan fingerprint density at radius 3 is 2.55 bits per heavy atom. The molecule has 1 unspecified atom stereocenters. The van der Waals surface area contributed by atoms with Gasteiger partial charge in [-0.05, 0) is 36.3 Å². The first-order valence-electron chi connectivity index (χ1n) is 7.92. The van der Waals surface area contributed by atoms with Gasteiger partial charge in [-0.2, -0.15) is 0 Å². The fraction of sp³-hybridized carbons (Fsp3) is 0.368. The number of hydrogen-bond donors (Lipinski definition) is 1. The average molecular weight is 295 g/mol. The Morgan fingerprint density at radius 1 is 1.09 bits per heavy atom. The van der Waals surface area contributed by atoms with Gasteiger partial charge in [0, 0.05) is 32.2 Å². The minimum absolute atomic E-state index is 0.331. The van der Waals surface area contributed by atoms with Crippen molar-refractivity contribution in [3.8, 4) is 0 Å². The summed E-state index contributed by atoms with van der Waals surface area (Å²) in [5.41, 5.74) is 11.6. The summed E-state index contributed by atoms with van der Waals surface area (Å²) in [7, 11) is 4.21. The first kappa shape index (κ1) is 15.2. The lowest BCUT2D eigenvalue weighted by Crippen LogP contribution is -2.27. The van der Waals surface area contributed by atoms with Gasteiger partial charge in [0.15, 0.2) is 0 Å². The molecule has 2 aromatic rings. The van der Waals surface area contributed by atoms with Crippen molar-refractivity contribution in [2.45, 2.75) is 25.7 Å². The van der Waals surface area contributed by atoms with Crippen molar-refractivity contribution < 1.29 is 0 Å². The molecule has 1 atom stereocenters. The predicted molar refractivity (Wildman–Crippen MR) is 91.3 cm³/mol. The van der Waals surface area contributed by atoms with Gasteiger partial charge < -0.3 is 10.6 Å². The summed E-state index contributed by atoms with van der Waals surface area (Å²) in [5.74, 6) is 0. The molecule has 0 aromatic heterocycles. The van der Waals surface area contributed by atoms with Crippen molar-refractivity contribution in [3.63, 3.8) is 0 Å². The molecule has 3 rings (SSSR count). The molecular formula is C19H25N3. The van der Waals surface area contributed by atoms with Crippen LogP contribution in [0.2, 0.25) is 0 Å². The van der Waals surface area contributed by atoms with Crippen molar-refractivity contribution in [1.29, 1.82) is 0 Å². The van der Waals surface area contributed by atoms with E-state index in [1.54, 1.807) is 0 Å². The second kappa shape index (κ2) is 6.61. The van der Waals surface area contributed by atoms with E-state index in [-0.39, 0.29) is 0 Å². The van der Waals surface area contributed by atoms with Crippen molar-refractivity contribution in [2.75, 3.05) is 20.6 Å². The largest absolute Gasteiger partial charge is 0.329 e. The summed E-state index contributed by atoms with van der Waals surface area (Å²) >= 11 is 0. The lowest BCUT2D eigenvalue weighted by atomic mass is 10.0. The molecule has 2 aromatic carbocycles. The highest BCUT2D eigenvalue weighted by Gasteiger charge is 2.29. The van der Waals surface area contributed by atoms with Gasteiger partial charge in [-0.3, -0.25) is 4.90 Å². The molecule has 0 fully saturated rings. The third-order valence-corrected chi connectivity index (χ3v) is 4.33. The smallest absolute Gasteiger partial charge is 0.0480 e. The maximum absolute atomic E-state index is 6.09. The van der Waals surface area contributed by atoms with Gasteiger partial charge in [0.2, 0.25) is 0 Å². The van der Waals surface area contributed by atoms with Gasteiger partial charge in [-0.25, -0.2) is 0 Å². The van der Waals surface area contributed by atoms with Crippen LogP contribution in [0, 0.1) is 0 Å². The zero-order chi connectivity index (χ0) is 15.5. The molecule has 0 bridgehead atoms. The monoisotopic (exact) mass is 295 g/mol. The van der Waals surface area contributed by atoms with Gasteiger partial charge in [-0.15, -0.1) is 0 Å². The number of nitrogens with zero attached hydrogens (tertiary/aromatic N) is 2. The highest BCUT2D eigenvalue weighted by molar-refractivity contribution is 5.38. The van der Waals surface area contributed by atoms with Gasteiger partial charge in [0.25, 0.3) is 0 Å². The molecule has 0 saturated heterocycles. The standard InChI is InChI=1S/C19H25N3/c1-21(2)12-16-8-9-17-14-22(19(11-20)18(17)10-16)13-15-6-4-3-5-7-15/h3-10,19H,11-14,20H2,1-2H3. The fourth-order valence-electron chi connectivity index (χ4n) is 3.35. The Bertz CT molecular complexity index is 622. The topological polar surface area (TPSA) is 32.5 Å². The molecule has 22 heavy (non-hydrogen) atoms. The SMILES string of the molecule is CN(C)Cc1ccc2c(c1)C(CN)N(Cc1ccccc1)C2. The zero-order valence-corrected chi connectivity index (χ0v) is 13.5. The lowest BCUT2D eigenvalue weighted by molar-refractivity contribution is 0.211. The molecule has 3 heteroatoms. The quantitative estimate of drug-likeness (QED) is 0.920. The van der Waals surface area contributed by atoms with Crippen LogP contribution in [-0.2, 0) is 19.6 Å². The summed E-state index contributed by atoms with van der Waals surface area (Å²) < 4.78 is 0. The Morgan fingerprint density at radius 2 is 1.86 bits per heavy atom. The first-order valence-corrected chi connectivity index (χ1v) is 7.92. The van der Waals surface area contributed by atoms with Crippen molar-refractivity contribution >= 4 is 0 Å². The predicted octanol–water partition coefficient (Wildman–Crippen LogP) is 2.76. The molecule has 0 saturated carbocycles. The van der Waals surface area contributed by atoms with Crippen molar-refractivity contribution in [2.24, 2.45) is 5.73 Å². The number of nitrogens with two attached hydrogens (primary N) is 1. The molecule has 116 valence electrons. The van der Waals surface area contributed by atoms with Crippen LogP contribution in [0.1, 0.15) is 28.3 Å². The number of fused-ring (bicyclic) bond motifs is 1. The summed E-state index contributed by atoms with van der Waals surface area (Å²) in [5, 5.41) is 0. The van der Waals surface area contributed by atoms with E-state index in [0.29, 0.717) is 12.6 Å². The maximum atomic E-state index is 6.09. The highest BCUT2D eigenvalue weighted by Crippen LogP contribution is 2.34. The van der Waals surface area contributed by atoms with Crippen LogP contribution in [-0.4, -0.2) is 30.4 Å². The summed E-state index contributed by atoms with van der Waals surface area (Å²) in [6.07, 6.45) is 0. The van der Waals surface area contributed by atoms with E-state index in [4.69, 9.17) is 5.73 Å². The van der Waals surface area contributed by atoms with E-state index in [1.807, 2.05) is 0 Å². The van der Waals surface area contributed by atoms with Crippen LogP contribution in [0.25, 0.3) is 0 Å². The van der Waals surface area contributed by atoms with E-state index in [0.717, 1.165) is 19.6 Å². The van der Waals surface area contributed by atoms with Gasteiger partial charge in [0.05, 0.1) is 0 Å². The van der Waals surface area contributed by atoms with Crippen molar-refractivity contribution in [3.05, 3.63) is 70.8 Å². The molecule has 2 N–H and O–H groups in total. The molecule has 3 nitrogen and oxygen atoms in total. The fourth-order valence-corrected chi connectivity index (χ4v) is 3.35. The number of benzene rings is 2. The molecule has 1 aliphatic rings. The third-order valence-electron chi connectivity index (χ3n) is 4.33. The Labute approximate surface area is 133 Å². The minimum atomic E-state index is 0.331.